The Bertz CT molecular complexity index is 279. The molecule has 0 saturated carbocycles. The number of carbonyl (C=O) groups excluding carboxylic acids is 1. The van der Waals surface area contributed by atoms with Crippen LogP contribution in [0.4, 0.5) is 4.79 Å². The fraction of sp³-hybridized carbons (Fsp3) is 0.917. The van der Waals surface area contributed by atoms with Gasteiger partial charge in [-0.25, -0.2) is 4.79 Å². The van der Waals surface area contributed by atoms with Crippen molar-refractivity contribution in [2.24, 2.45) is 0 Å². The van der Waals surface area contributed by atoms with Crippen LogP contribution in [-0.4, -0.2) is 41.8 Å². The van der Waals surface area contributed by atoms with Gasteiger partial charge in [0.15, 0.2) is 0 Å². The molecule has 0 aliphatic carbocycles. The van der Waals surface area contributed by atoms with Gasteiger partial charge in [-0.1, -0.05) is 0 Å². The third kappa shape index (κ3) is 2.48. The molecule has 0 bridgehead atoms. The number of hydrogen-bond donors (Lipinski definition) is 1. The highest BCUT2D eigenvalue weighted by atomic mass is 16.6. The minimum Gasteiger partial charge on any atom is -0.444 e. The summed E-state index contributed by atoms with van der Waals surface area (Å²) in [5.74, 6) is 0. The number of carbonyl (C=O) groups is 1. The first-order valence-corrected chi connectivity index (χ1v) is 6.23. The second-order valence-corrected chi connectivity index (χ2v) is 6.11. The summed E-state index contributed by atoms with van der Waals surface area (Å²) < 4.78 is 5.41. The Hall–Kier alpha value is -0.770. The highest BCUT2D eigenvalue weighted by Gasteiger charge is 2.46. The summed E-state index contributed by atoms with van der Waals surface area (Å²) in [4.78, 5) is 13.8. The molecule has 0 radical (unpaired) electrons. The van der Waals surface area contributed by atoms with E-state index in [1.165, 1.54) is 19.4 Å². The van der Waals surface area contributed by atoms with Gasteiger partial charge in [0.25, 0.3) is 0 Å². The Morgan fingerprint density at radius 3 is 2.56 bits per heavy atom. The Balaban J connectivity index is 1.91. The molecule has 4 heteroatoms. The lowest BCUT2D eigenvalue weighted by Gasteiger charge is -2.45. The molecule has 0 unspecified atom stereocenters. The quantitative estimate of drug-likeness (QED) is 0.663. The molecule has 1 atom stereocenters. The smallest absolute Gasteiger partial charge is 0.410 e. The molecule has 0 aromatic carbocycles. The van der Waals surface area contributed by atoms with Gasteiger partial charge in [-0.2, -0.15) is 0 Å². The van der Waals surface area contributed by atoms with Gasteiger partial charge in [0, 0.05) is 13.0 Å². The maximum Gasteiger partial charge on any atom is 0.410 e. The summed E-state index contributed by atoms with van der Waals surface area (Å²) in [6.45, 7) is 8.68. The zero-order chi connectivity index (χ0) is 11.8. The Morgan fingerprint density at radius 2 is 2.06 bits per heavy atom. The zero-order valence-corrected chi connectivity index (χ0v) is 10.6. The van der Waals surface area contributed by atoms with Crippen LogP contribution in [0.25, 0.3) is 0 Å². The van der Waals surface area contributed by atoms with Crippen molar-refractivity contribution in [3.05, 3.63) is 0 Å². The van der Waals surface area contributed by atoms with Crippen molar-refractivity contribution in [2.75, 3.05) is 19.6 Å². The molecule has 1 spiro atoms. The Labute approximate surface area is 97.3 Å². The van der Waals surface area contributed by atoms with Gasteiger partial charge in [0.1, 0.15) is 11.1 Å². The van der Waals surface area contributed by atoms with Gasteiger partial charge in [-0.3, -0.25) is 0 Å². The highest BCUT2D eigenvalue weighted by Crippen LogP contribution is 2.25. The van der Waals surface area contributed by atoms with Gasteiger partial charge in [-0.15, -0.1) is 0 Å². The predicted octanol–water partition coefficient (Wildman–Crippen LogP) is 0.723. The van der Waals surface area contributed by atoms with Crippen molar-refractivity contribution >= 4 is 6.09 Å². The first-order chi connectivity index (χ1) is 7.40. The van der Waals surface area contributed by atoms with E-state index in [1.807, 2.05) is 25.7 Å². The van der Waals surface area contributed by atoms with Crippen LogP contribution >= 0.6 is 0 Å². The fourth-order valence-electron chi connectivity index (χ4n) is 2.57. The standard InChI is InChI=1S/C12H22N2O2/c1-11(2,3)16-10(15)14-8-4-5-12(9-14)6-7-13-12/h13H,4-9H2,1-3H3/p+1/t12-/m1/s1. The van der Waals surface area contributed by atoms with Crippen LogP contribution in [0.15, 0.2) is 0 Å². The lowest BCUT2D eigenvalue weighted by molar-refractivity contribution is -0.785. The fourth-order valence-corrected chi connectivity index (χ4v) is 2.57. The molecule has 2 saturated heterocycles. The molecule has 0 aromatic heterocycles. The van der Waals surface area contributed by atoms with Crippen molar-refractivity contribution in [1.82, 2.24) is 4.90 Å². The normalized spacial score (nSPS) is 30.1. The molecule has 2 N–H and O–H groups in total. The third-order valence-corrected chi connectivity index (χ3v) is 3.48. The number of amides is 1. The second-order valence-electron chi connectivity index (χ2n) is 6.11. The summed E-state index contributed by atoms with van der Waals surface area (Å²) in [5.41, 5.74) is -0.0554. The summed E-state index contributed by atoms with van der Waals surface area (Å²) in [7, 11) is 0. The second kappa shape index (κ2) is 3.91. The molecule has 2 aliphatic heterocycles. The molecule has 2 aliphatic rings. The molecular formula is C12H23N2O2+. The molecule has 16 heavy (non-hydrogen) atoms. The van der Waals surface area contributed by atoms with E-state index in [1.54, 1.807) is 0 Å². The van der Waals surface area contributed by atoms with Gasteiger partial charge in [-0.05, 0) is 27.2 Å². The van der Waals surface area contributed by atoms with Crippen LogP contribution in [0, 0.1) is 0 Å². The van der Waals surface area contributed by atoms with E-state index >= 15 is 0 Å². The molecule has 92 valence electrons. The zero-order valence-electron chi connectivity index (χ0n) is 10.6. The van der Waals surface area contributed by atoms with E-state index < -0.39 is 0 Å². The lowest BCUT2D eigenvalue weighted by Crippen LogP contribution is -3.07. The number of hydrogen-bond acceptors (Lipinski definition) is 2. The van der Waals surface area contributed by atoms with Crippen molar-refractivity contribution in [1.29, 1.82) is 0 Å². The number of nitrogens with two attached hydrogens (primary N) is 1. The maximum atomic E-state index is 11.9. The first kappa shape index (κ1) is 11.7. The average Bonchev–Trinajstić information content (AvgIpc) is 2.13. The van der Waals surface area contributed by atoms with Gasteiger partial charge >= 0.3 is 6.09 Å². The predicted molar refractivity (Wildman–Crippen MR) is 61.2 cm³/mol. The van der Waals surface area contributed by atoms with Crippen LogP contribution in [0.2, 0.25) is 0 Å². The monoisotopic (exact) mass is 227 g/mol. The average molecular weight is 227 g/mol. The third-order valence-electron chi connectivity index (χ3n) is 3.48. The minimum absolute atomic E-state index is 0.146. The minimum atomic E-state index is -0.384. The van der Waals surface area contributed by atoms with E-state index in [0.717, 1.165) is 19.5 Å². The molecular weight excluding hydrogens is 204 g/mol. The largest absolute Gasteiger partial charge is 0.444 e. The van der Waals surface area contributed by atoms with Crippen LogP contribution < -0.4 is 5.32 Å². The van der Waals surface area contributed by atoms with Crippen LogP contribution in [-0.2, 0) is 4.74 Å². The molecule has 2 fully saturated rings. The summed E-state index contributed by atoms with van der Waals surface area (Å²) >= 11 is 0. The van der Waals surface area contributed by atoms with Crippen molar-refractivity contribution in [3.63, 3.8) is 0 Å². The van der Waals surface area contributed by atoms with Crippen LogP contribution in [0.3, 0.4) is 0 Å². The molecule has 2 rings (SSSR count). The van der Waals surface area contributed by atoms with E-state index in [-0.39, 0.29) is 11.7 Å². The summed E-state index contributed by atoms with van der Waals surface area (Å²) in [5, 5.41) is 2.38. The number of ether oxygens (including phenoxy) is 1. The van der Waals surface area contributed by atoms with Gasteiger partial charge < -0.3 is 15.0 Å². The van der Waals surface area contributed by atoms with E-state index in [2.05, 4.69) is 5.32 Å². The van der Waals surface area contributed by atoms with Gasteiger partial charge in [0.05, 0.1) is 19.5 Å². The lowest BCUT2D eigenvalue weighted by atomic mass is 9.80. The first-order valence-electron chi connectivity index (χ1n) is 6.23. The Kier molecular flexibility index (Phi) is 2.86. The maximum absolute atomic E-state index is 11.9. The van der Waals surface area contributed by atoms with Gasteiger partial charge in [0.2, 0.25) is 0 Å². The number of piperidine rings is 1. The van der Waals surface area contributed by atoms with Crippen molar-refractivity contribution in [2.45, 2.75) is 51.2 Å². The van der Waals surface area contributed by atoms with Crippen LogP contribution in [0.1, 0.15) is 40.0 Å². The molecule has 0 aromatic rings. The number of quaternary nitrogens is 1. The number of rotatable bonds is 0. The summed E-state index contributed by atoms with van der Waals surface area (Å²) in [6, 6.07) is 0. The Morgan fingerprint density at radius 1 is 1.38 bits per heavy atom. The van der Waals surface area contributed by atoms with Crippen molar-refractivity contribution < 1.29 is 14.8 Å². The van der Waals surface area contributed by atoms with Crippen molar-refractivity contribution in [3.8, 4) is 0 Å². The molecule has 1 amide bonds. The van der Waals surface area contributed by atoms with E-state index in [0.29, 0.717) is 5.54 Å². The van der Waals surface area contributed by atoms with Crippen LogP contribution in [0.5, 0.6) is 0 Å². The SMILES string of the molecule is CC(C)(C)OC(=O)N1CCC[C@@]2(CC[NH2+]2)C1. The van der Waals surface area contributed by atoms with E-state index in [9.17, 15) is 4.79 Å². The van der Waals surface area contributed by atoms with E-state index in [4.69, 9.17) is 4.74 Å². The summed E-state index contributed by atoms with van der Waals surface area (Å²) in [6.07, 6.45) is 3.45. The number of nitrogens with zero attached hydrogens (tertiary/aromatic N) is 1. The molecule has 4 nitrogen and oxygen atoms in total. The highest BCUT2D eigenvalue weighted by molar-refractivity contribution is 5.68. The number of likely N-dealkylation sites (tertiary alicyclic amines) is 1. The molecule has 2 heterocycles. The topological polar surface area (TPSA) is 46.1 Å².